The van der Waals surface area contributed by atoms with Crippen LogP contribution < -0.4 is 4.74 Å². The second-order valence-corrected chi connectivity index (χ2v) is 9.95. The molecular formula is C27H32N6O3. The fraction of sp³-hybridized carbons (Fsp3) is 0.444. The highest BCUT2D eigenvalue weighted by Crippen LogP contribution is 2.50. The van der Waals surface area contributed by atoms with Crippen molar-refractivity contribution >= 4 is 11.8 Å². The van der Waals surface area contributed by atoms with E-state index in [9.17, 15) is 9.59 Å². The maximum atomic E-state index is 14.2. The summed E-state index contributed by atoms with van der Waals surface area (Å²) in [6.45, 7) is 6.18. The first-order chi connectivity index (χ1) is 17.4. The van der Waals surface area contributed by atoms with Crippen molar-refractivity contribution < 1.29 is 14.3 Å². The van der Waals surface area contributed by atoms with Crippen molar-refractivity contribution in [3.63, 3.8) is 0 Å². The van der Waals surface area contributed by atoms with Gasteiger partial charge in [-0.15, -0.1) is 0 Å². The van der Waals surface area contributed by atoms with Gasteiger partial charge < -0.3 is 14.5 Å². The second-order valence-electron chi connectivity index (χ2n) is 9.95. The monoisotopic (exact) mass is 488 g/mol. The first kappa shape index (κ1) is 24.0. The number of rotatable bonds is 6. The van der Waals surface area contributed by atoms with Gasteiger partial charge >= 0.3 is 0 Å². The molecule has 2 aliphatic rings. The van der Waals surface area contributed by atoms with Gasteiger partial charge in [0, 0.05) is 50.0 Å². The van der Waals surface area contributed by atoms with Crippen molar-refractivity contribution in [2.45, 2.75) is 45.2 Å². The van der Waals surface area contributed by atoms with Crippen LogP contribution in [0, 0.1) is 5.41 Å². The topological polar surface area (TPSA) is 93.5 Å². The normalized spacial score (nSPS) is 22.0. The van der Waals surface area contributed by atoms with Crippen molar-refractivity contribution in [1.82, 2.24) is 29.5 Å². The molecule has 9 heteroatoms. The molecule has 2 amide bonds. The Hall–Kier alpha value is -3.75. The van der Waals surface area contributed by atoms with Crippen LogP contribution in [0.4, 0.5) is 0 Å². The predicted octanol–water partition coefficient (Wildman–Crippen LogP) is 3.31. The number of amides is 2. The zero-order valence-corrected chi connectivity index (χ0v) is 21.0. The second kappa shape index (κ2) is 9.72. The third-order valence-corrected chi connectivity index (χ3v) is 7.41. The number of benzene rings is 1. The number of aromatic nitrogens is 4. The molecule has 2 atom stereocenters. The minimum Gasteiger partial charge on any atom is -0.494 e. The van der Waals surface area contributed by atoms with Gasteiger partial charge in [-0.1, -0.05) is 30.3 Å². The van der Waals surface area contributed by atoms with Crippen LogP contribution in [0.1, 0.15) is 60.5 Å². The van der Waals surface area contributed by atoms with E-state index in [1.54, 1.807) is 11.1 Å². The van der Waals surface area contributed by atoms with E-state index in [-0.39, 0.29) is 29.6 Å². The van der Waals surface area contributed by atoms with Crippen molar-refractivity contribution in [3.05, 3.63) is 72.1 Å². The third kappa shape index (κ3) is 4.23. The van der Waals surface area contributed by atoms with Gasteiger partial charge in [-0.25, -0.2) is 9.97 Å². The smallest absolute Gasteiger partial charge is 0.291 e. The van der Waals surface area contributed by atoms with E-state index in [1.165, 1.54) is 19.5 Å². The highest BCUT2D eigenvalue weighted by Gasteiger charge is 2.57. The number of hydrogen-bond acceptors (Lipinski definition) is 6. The van der Waals surface area contributed by atoms with Crippen LogP contribution >= 0.6 is 0 Å². The molecule has 3 aromatic rings. The number of nitrogens with zero attached hydrogens (tertiary/aromatic N) is 6. The van der Waals surface area contributed by atoms with Crippen molar-refractivity contribution in [2.24, 2.45) is 5.41 Å². The molecule has 188 valence electrons. The number of carbonyl (C=O) groups excluding carboxylic acids is 2. The minimum atomic E-state index is -0.720. The van der Waals surface area contributed by atoms with Crippen molar-refractivity contribution in [2.75, 3.05) is 26.7 Å². The molecule has 5 rings (SSSR count). The summed E-state index contributed by atoms with van der Waals surface area (Å²) in [5.41, 5.74) is 1.37. The van der Waals surface area contributed by atoms with Crippen LogP contribution in [0.15, 0.2) is 55.0 Å². The molecule has 0 radical (unpaired) electrons. The van der Waals surface area contributed by atoms with Gasteiger partial charge in [-0.3, -0.25) is 14.3 Å². The zero-order valence-electron chi connectivity index (χ0n) is 21.0. The Morgan fingerprint density at radius 2 is 1.92 bits per heavy atom. The molecule has 2 fully saturated rings. The van der Waals surface area contributed by atoms with E-state index in [1.807, 2.05) is 46.0 Å². The maximum absolute atomic E-state index is 14.2. The molecule has 2 saturated heterocycles. The highest BCUT2D eigenvalue weighted by molar-refractivity contribution is 5.93. The summed E-state index contributed by atoms with van der Waals surface area (Å²) in [7, 11) is 1.53. The average Bonchev–Trinajstić information content (AvgIpc) is 3.53. The Morgan fingerprint density at radius 3 is 2.61 bits per heavy atom. The Kier molecular flexibility index (Phi) is 6.47. The van der Waals surface area contributed by atoms with Crippen LogP contribution in [-0.2, 0) is 11.3 Å². The van der Waals surface area contributed by atoms with Crippen molar-refractivity contribution in [3.8, 4) is 5.75 Å². The number of ether oxygens (including phenoxy) is 1. The molecule has 4 heterocycles. The first-order valence-electron chi connectivity index (χ1n) is 12.4. The molecule has 0 aliphatic carbocycles. The molecule has 0 saturated carbocycles. The third-order valence-electron chi connectivity index (χ3n) is 7.41. The maximum Gasteiger partial charge on any atom is 0.291 e. The lowest BCUT2D eigenvalue weighted by atomic mass is 9.70. The highest BCUT2D eigenvalue weighted by atomic mass is 16.5. The Balaban J connectivity index is 1.50. The molecule has 1 aromatic carbocycles. The van der Waals surface area contributed by atoms with Crippen LogP contribution in [0.3, 0.4) is 0 Å². The number of methoxy groups -OCH3 is 1. The molecule has 2 aliphatic heterocycles. The van der Waals surface area contributed by atoms with Gasteiger partial charge in [0.2, 0.25) is 11.7 Å². The molecule has 0 bridgehead atoms. The van der Waals surface area contributed by atoms with Crippen LogP contribution in [0.2, 0.25) is 0 Å². The van der Waals surface area contributed by atoms with Crippen LogP contribution in [0.5, 0.6) is 5.75 Å². The summed E-state index contributed by atoms with van der Waals surface area (Å²) in [6.07, 6.45) is 6.37. The Labute approximate surface area is 211 Å². The minimum absolute atomic E-state index is 0.102. The van der Waals surface area contributed by atoms with Crippen molar-refractivity contribution in [1.29, 1.82) is 0 Å². The molecule has 1 spiro atoms. The quantitative estimate of drug-likeness (QED) is 0.529. The van der Waals surface area contributed by atoms with E-state index in [0.717, 1.165) is 24.1 Å². The van der Waals surface area contributed by atoms with Gasteiger partial charge in [-0.05, 0) is 38.3 Å². The number of piperidine rings is 1. The van der Waals surface area contributed by atoms with Gasteiger partial charge in [0.25, 0.3) is 5.91 Å². The Morgan fingerprint density at radius 1 is 1.17 bits per heavy atom. The fourth-order valence-corrected chi connectivity index (χ4v) is 5.68. The predicted molar refractivity (Wildman–Crippen MR) is 133 cm³/mol. The summed E-state index contributed by atoms with van der Waals surface area (Å²) >= 11 is 0. The zero-order chi connectivity index (χ0) is 25.3. The lowest BCUT2D eigenvalue weighted by molar-refractivity contribution is -0.147. The molecule has 0 N–H and O–H groups in total. The first-order valence-corrected chi connectivity index (χ1v) is 12.4. The lowest BCUT2D eigenvalue weighted by Gasteiger charge is -2.42. The summed E-state index contributed by atoms with van der Waals surface area (Å²) in [5.74, 6) is 0.249. The molecule has 0 unspecified atom stereocenters. The van der Waals surface area contributed by atoms with E-state index < -0.39 is 5.41 Å². The number of hydrogen-bond donors (Lipinski definition) is 0. The summed E-state index contributed by atoms with van der Waals surface area (Å²) in [6, 6.07) is 12.2. The number of carbonyl (C=O) groups is 2. The van der Waals surface area contributed by atoms with Gasteiger partial charge in [0.1, 0.15) is 0 Å². The van der Waals surface area contributed by atoms with Gasteiger partial charge in [-0.2, -0.15) is 5.10 Å². The van der Waals surface area contributed by atoms with E-state index in [2.05, 4.69) is 28.9 Å². The Bertz CT molecular complexity index is 1230. The SMILES string of the molecule is COc1cnc(C(=O)N2C[C@@H](c3ccnn3C(C)C)[C@@]3(CCCN(Cc4ccccc4)C3=O)C2)nc1. The summed E-state index contributed by atoms with van der Waals surface area (Å²) < 4.78 is 7.11. The van der Waals surface area contributed by atoms with Crippen LogP contribution in [0.25, 0.3) is 0 Å². The van der Waals surface area contributed by atoms with Gasteiger partial charge in [0.05, 0.1) is 24.9 Å². The van der Waals surface area contributed by atoms with Gasteiger partial charge in [0.15, 0.2) is 5.75 Å². The molecule has 9 nitrogen and oxygen atoms in total. The van der Waals surface area contributed by atoms with Crippen LogP contribution in [-0.4, -0.2) is 68.1 Å². The molecule has 2 aromatic heterocycles. The number of likely N-dealkylation sites (tertiary alicyclic amines) is 2. The summed E-state index contributed by atoms with van der Waals surface area (Å²) in [5, 5.41) is 4.55. The van der Waals surface area contributed by atoms with E-state index in [0.29, 0.717) is 31.9 Å². The summed E-state index contributed by atoms with van der Waals surface area (Å²) in [4.78, 5) is 39.9. The lowest BCUT2D eigenvalue weighted by Crippen LogP contribution is -2.52. The standard InChI is InChI=1S/C27H32N6O3/c1-19(2)33-23(10-12-30-33)22-17-32(25(34)24-28-14-21(36-3)15-29-24)18-27(22)11-7-13-31(26(27)35)16-20-8-5-4-6-9-20/h4-6,8-10,12,14-15,19,22H,7,11,13,16-18H2,1-3H3/t22-,27+/m0/s1. The molecular weight excluding hydrogens is 456 g/mol. The largest absolute Gasteiger partial charge is 0.494 e. The fourth-order valence-electron chi connectivity index (χ4n) is 5.68. The molecule has 36 heavy (non-hydrogen) atoms. The van der Waals surface area contributed by atoms with E-state index >= 15 is 0 Å². The average molecular weight is 489 g/mol. The van der Waals surface area contributed by atoms with E-state index in [4.69, 9.17) is 4.74 Å².